The minimum absolute atomic E-state index is 0.0320. The maximum atomic E-state index is 12.7. The molecule has 7 nitrogen and oxygen atoms in total. The van der Waals surface area contributed by atoms with Gasteiger partial charge in [0.25, 0.3) is 5.91 Å². The summed E-state index contributed by atoms with van der Waals surface area (Å²) in [6, 6.07) is 0.755. The Morgan fingerprint density at radius 3 is 2.83 bits per heavy atom. The summed E-state index contributed by atoms with van der Waals surface area (Å²) >= 11 is 0. The first-order valence-electron chi connectivity index (χ1n) is 6.84. The van der Waals surface area contributed by atoms with E-state index in [1.54, 1.807) is 9.58 Å². The summed E-state index contributed by atoms with van der Waals surface area (Å²) in [5.41, 5.74) is 4.49. The molecule has 1 saturated heterocycles. The Hall–Kier alpha value is -2.65. The highest BCUT2D eigenvalue weighted by atomic mass is 19.4. The number of amides is 1. The summed E-state index contributed by atoms with van der Waals surface area (Å²) in [5, 5.41) is 4.07. The quantitative estimate of drug-likeness (QED) is 0.916. The van der Waals surface area contributed by atoms with Gasteiger partial charge in [0.05, 0.1) is 17.8 Å². The van der Waals surface area contributed by atoms with Crippen LogP contribution in [0.3, 0.4) is 0 Å². The Morgan fingerprint density at radius 2 is 2.17 bits per heavy atom. The van der Waals surface area contributed by atoms with Crippen LogP contribution in [0.15, 0.2) is 24.7 Å². The minimum Gasteiger partial charge on any atom is -0.366 e. The van der Waals surface area contributed by atoms with E-state index in [4.69, 9.17) is 5.73 Å². The molecule has 0 spiro atoms. The van der Waals surface area contributed by atoms with E-state index in [0.29, 0.717) is 25.1 Å². The molecule has 3 rings (SSSR count). The molecule has 0 aliphatic carbocycles. The van der Waals surface area contributed by atoms with Crippen LogP contribution in [-0.2, 0) is 6.18 Å². The van der Waals surface area contributed by atoms with Crippen molar-refractivity contribution in [2.45, 2.75) is 18.6 Å². The van der Waals surface area contributed by atoms with E-state index >= 15 is 0 Å². The third-order valence-corrected chi connectivity index (χ3v) is 3.64. The average Bonchev–Trinajstić information content (AvgIpc) is 3.15. The van der Waals surface area contributed by atoms with Gasteiger partial charge in [-0.25, -0.2) is 9.97 Å². The van der Waals surface area contributed by atoms with Crippen LogP contribution >= 0.6 is 0 Å². The molecule has 1 atom stereocenters. The molecule has 10 heteroatoms. The summed E-state index contributed by atoms with van der Waals surface area (Å²) in [7, 11) is 0. The molecule has 0 bridgehead atoms. The second kappa shape index (κ2) is 5.52. The molecule has 0 aromatic carbocycles. The van der Waals surface area contributed by atoms with Gasteiger partial charge in [0.1, 0.15) is 5.69 Å². The van der Waals surface area contributed by atoms with Crippen LogP contribution in [-0.4, -0.2) is 38.7 Å². The zero-order valence-electron chi connectivity index (χ0n) is 11.9. The molecule has 0 radical (unpaired) electrons. The van der Waals surface area contributed by atoms with E-state index < -0.39 is 17.8 Å². The first kappa shape index (κ1) is 15.3. The highest BCUT2D eigenvalue weighted by Gasteiger charge is 2.34. The molecule has 2 aromatic heterocycles. The van der Waals surface area contributed by atoms with Crippen molar-refractivity contribution in [2.75, 3.05) is 18.0 Å². The highest BCUT2D eigenvalue weighted by Crippen LogP contribution is 2.30. The van der Waals surface area contributed by atoms with Crippen molar-refractivity contribution in [2.24, 2.45) is 5.73 Å². The molecule has 23 heavy (non-hydrogen) atoms. The summed E-state index contributed by atoms with van der Waals surface area (Å²) in [5.74, 6) is -0.545. The van der Waals surface area contributed by atoms with Crippen molar-refractivity contribution in [1.29, 1.82) is 0 Å². The van der Waals surface area contributed by atoms with Crippen molar-refractivity contribution in [1.82, 2.24) is 19.7 Å². The van der Waals surface area contributed by atoms with Crippen molar-refractivity contribution in [3.8, 4) is 0 Å². The van der Waals surface area contributed by atoms with Gasteiger partial charge in [-0.2, -0.15) is 18.3 Å². The topological polar surface area (TPSA) is 89.9 Å². The number of nitrogens with two attached hydrogens (primary N) is 1. The van der Waals surface area contributed by atoms with E-state index in [1.165, 1.54) is 12.4 Å². The third kappa shape index (κ3) is 3.10. The zero-order valence-corrected chi connectivity index (χ0v) is 11.9. The molecule has 1 fully saturated rings. The maximum absolute atomic E-state index is 12.7. The lowest BCUT2D eigenvalue weighted by atomic mass is 10.3. The van der Waals surface area contributed by atoms with Gasteiger partial charge in [-0.3, -0.25) is 9.48 Å². The van der Waals surface area contributed by atoms with E-state index in [2.05, 4.69) is 15.1 Å². The van der Waals surface area contributed by atoms with E-state index in [9.17, 15) is 18.0 Å². The lowest BCUT2D eigenvalue weighted by Crippen LogP contribution is -2.24. The maximum Gasteiger partial charge on any atom is 0.433 e. The first-order valence-corrected chi connectivity index (χ1v) is 6.84. The first-order chi connectivity index (χ1) is 10.8. The van der Waals surface area contributed by atoms with Gasteiger partial charge in [0.15, 0.2) is 0 Å². The lowest BCUT2D eigenvalue weighted by Gasteiger charge is -2.17. The number of nitrogens with zero attached hydrogens (tertiary/aromatic N) is 5. The predicted octanol–water partition coefficient (Wildman–Crippen LogP) is 1.24. The van der Waals surface area contributed by atoms with Crippen molar-refractivity contribution in [3.05, 3.63) is 35.9 Å². The normalized spacial score (nSPS) is 18.4. The van der Waals surface area contributed by atoms with E-state index in [1.807, 2.05) is 0 Å². The number of hydrogen-bond acceptors (Lipinski definition) is 5. The van der Waals surface area contributed by atoms with Crippen molar-refractivity contribution >= 4 is 11.9 Å². The molecule has 2 N–H and O–H groups in total. The molecular formula is C13H13F3N6O. The Labute approximate surface area is 128 Å². The Bertz CT molecular complexity index is 728. The molecule has 3 heterocycles. The van der Waals surface area contributed by atoms with Gasteiger partial charge >= 0.3 is 6.18 Å². The van der Waals surface area contributed by atoms with Gasteiger partial charge in [0, 0.05) is 25.5 Å². The zero-order chi connectivity index (χ0) is 16.6. The smallest absolute Gasteiger partial charge is 0.366 e. The minimum atomic E-state index is -4.50. The third-order valence-electron chi connectivity index (χ3n) is 3.64. The second-order valence-corrected chi connectivity index (χ2v) is 5.20. The molecule has 122 valence electrons. The molecule has 2 aromatic rings. The van der Waals surface area contributed by atoms with Crippen LogP contribution in [0.2, 0.25) is 0 Å². The molecule has 1 unspecified atom stereocenters. The standard InChI is InChI=1S/C13H13F3N6O/c14-13(15,16)10-1-3-18-12(20-10)21-4-2-9(7-21)22-6-8(5-19-22)11(17)23/h1,3,5-6,9H,2,4,7H2,(H2,17,23). The number of rotatable bonds is 3. The second-order valence-electron chi connectivity index (χ2n) is 5.20. The van der Waals surface area contributed by atoms with E-state index in [-0.39, 0.29) is 12.0 Å². The van der Waals surface area contributed by atoms with Gasteiger partial charge in [-0.1, -0.05) is 0 Å². The fraction of sp³-hybridized carbons (Fsp3) is 0.385. The van der Waals surface area contributed by atoms with Gasteiger partial charge < -0.3 is 10.6 Å². The SMILES string of the molecule is NC(=O)c1cnn(C2CCN(c3nccc(C(F)(F)F)n3)C2)c1. The van der Waals surface area contributed by atoms with Crippen LogP contribution in [0.1, 0.15) is 28.5 Å². The van der Waals surface area contributed by atoms with Gasteiger partial charge in [-0.05, 0) is 12.5 Å². The number of hydrogen-bond donors (Lipinski definition) is 1. The fourth-order valence-corrected chi connectivity index (χ4v) is 2.46. The number of alkyl halides is 3. The van der Waals surface area contributed by atoms with Crippen LogP contribution < -0.4 is 10.6 Å². The molecule has 1 amide bonds. The lowest BCUT2D eigenvalue weighted by molar-refractivity contribution is -0.141. The van der Waals surface area contributed by atoms with Gasteiger partial charge in [-0.15, -0.1) is 0 Å². The summed E-state index contributed by atoms with van der Waals surface area (Å²) in [6.07, 6.45) is 0.140. The molecular weight excluding hydrogens is 313 g/mol. The molecule has 0 saturated carbocycles. The number of anilines is 1. The highest BCUT2D eigenvalue weighted by molar-refractivity contribution is 5.92. The van der Waals surface area contributed by atoms with Crippen molar-refractivity contribution < 1.29 is 18.0 Å². The van der Waals surface area contributed by atoms with Crippen LogP contribution in [0.4, 0.5) is 19.1 Å². The number of halogens is 3. The molecule has 1 aliphatic rings. The van der Waals surface area contributed by atoms with Crippen LogP contribution in [0.25, 0.3) is 0 Å². The number of carbonyl (C=O) groups is 1. The Morgan fingerprint density at radius 1 is 1.39 bits per heavy atom. The predicted molar refractivity (Wildman–Crippen MR) is 73.6 cm³/mol. The summed E-state index contributed by atoms with van der Waals surface area (Å²) < 4.78 is 39.7. The average molecular weight is 326 g/mol. The number of carbonyl (C=O) groups excluding carboxylic acids is 1. The Kier molecular flexibility index (Phi) is 3.66. The van der Waals surface area contributed by atoms with E-state index in [0.717, 1.165) is 12.3 Å². The summed E-state index contributed by atoms with van der Waals surface area (Å²) in [6.45, 7) is 0.902. The number of aromatic nitrogens is 4. The van der Waals surface area contributed by atoms with Crippen molar-refractivity contribution in [3.63, 3.8) is 0 Å². The van der Waals surface area contributed by atoms with Crippen LogP contribution in [0.5, 0.6) is 0 Å². The summed E-state index contributed by atoms with van der Waals surface area (Å²) in [4.78, 5) is 20.2. The largest absolute Gasteiger partial charge is 0.433 e. The van der Waals surface area contributed by atoms with Gasteiger partial charge in [0.2, 0.25) is 5.95 Å². The fourth-order valence-electron chi connectivity index (χ4n) is 2.46. The monoisotopic (exact) mass is 326 g/mol. The van der Waals surface area contributed by atoms with Crippen LogP contribution in [0, 0.1) is 0 Å². The molecule has 1 aliphatic heterocycles. The Balaban J connectivity index is 1.76. The number of primary amides is 1.